The van der Waals surface area contributed by atoms with Gasteiger partial charge in [0, 0.05) is 45.1 Å². The second-order valence-electron chi connectivity index (χ2n) is 7.34. The summed E-state index contributed by atoms with van der Waals surface area (Å²) in [5.74, 6) is 0.283. The molecule has 0 spiro atoms. The zero-order valence-electron chi connectivity index (χ0n) is 17.7. The number of nitrogens with one attached hydrogen (secondary N) is 1. The van der Waals surface area contributed by atoms with E-state index in [1.54, 1.807) is 9.80 Å². The normalized spacial score (nSPS) is 14.7. The van der Waals surface area contributed by atoms with Gasteiger partial charge >= 0.3 is 12.0 Å². The molecule has 1 fully saturated rings. The molecular formula is C22H24N4O6. The summed E-state index contributed by atoms with van der Waals surface area (Å²) in [4.78, 5) is 44.8. The van der Waals surface area contributed by atoms with Crippen molar-refractivity contribution in [2.24, 2.45) is 0 Å². The van der Waals surface area contributed by atoms with E-state index in [0.29, 0.717) is 44.3 Å². The molecule has 4 rings (SSSR count). The van der Waals surface area contributed by atoms with Crippen LogP contribution in [0, 0.1) is 0 Å². The topological polar surface area (TPSA) is 110 Å². The van der Waals surface area contributed by atoms with Crippen molar-refractivity contribution in [2.45, 2.75) is 6.54 Å². The van der Waals surface area contributed by atoms with Gasteiger partial charge in [-0.25, -0.2) is 9.59 Å². The summed E-state index contributed by atoms with van der Waals surface area (Å²) in [6, 6.07) is 6.80. The minimum absolute atomic E-state index is 0.138. The Balaban J connectivity index is 1.59. The highest BCUT2D eigenvalue weighted by molar-refractivity contribution is 6.05. The molecule has 0 unspecified atom stereocenters. The average molecular weight is 440 g/mol. The highest BCUT2D eigenvalue weighted by Gasteiger charge is 2.26. The average Bonchev–Trinajstić information content (AvgIpc) is 3.25. The first-order valence-electron chi connectivity index (χ1n) is 10.3. The van der Waals surface area contributed by atoms with Crippen LogP contribution in [0.25, 0.3) is 0 Å². The molecule has 0 saturated carbocycles. The van der Waals surface area contributed by atoms with Gasteiger partial charge in [0.05, 0.1) is 18.2 Å². The monoisotopic (exact) mass is 440 g/mol. The van der Waals surface area contributed by atoms with Gasteiger partial charge < -0.3 is 29.3 Å². The van der Waals surface area contributed by atoms with E-state index in [1.165, 1.54) is 25.6 Å². The van der Waals surface area contributed by atoms with E-state index in [1.807, 2.05) is 18.2 Å². The zero-order valence-corrected chi connectivity index (χ0v) is 17.7. The smallest absolute Gasteiger partial charge is 0.338 e. The van der Waals surface area contributed by atoms with Gasteiger partial charge in [0.25, 0.3) is 5.91 Å². The van der Waals surface area contributed by atoms with E-state index in [2.05, 4.69) is 10.3 Å². The molecular weight excluding hydrogens is 416 g/mol. The lowest BCUT2D eigenvalue weighted by Gasteiger charge is -2.26. The fourth-order valence-electron chi connectivity index (χ4n) is 3.65. The number of fused-ring (bicyclic) bond motifs is 1. The van der Waals surface area contributed by atoms with Crippen molar-refractivity contribution in [2.75, 3.05) is 46.5 Å². The van der Waals surface area contributed by atoms with Crippen LogP contribution in [0.1, 0.15) is 26.3 Å². The summed E-state index contributed by atoms with van der Waals surface area (Å²) < 4.78 is 16.0. The number of carbonyl (C=O) groups is 3. The van der Waals surface area contributed by atoms with Crippen LogP contribution in [0.15, 0.2) is 36.7 Å². The van der Waals surface area contributed by atoms with Gasteiger partial charge in [0.2, 0.25) is 0 Å². The molecule has 1 aromatic heterocycles. The molecule has 10 nitrogen and oxygen atoms in total. The first-order chi connectivity index (χ1) is 15.6. The molecule has 1 N–H and O–H groups in total. The van der Waals surface area contributed by atoms with E-state index in [-0.39, 0.29) is 36.2 Å². The minimum atomic E-state index is -0.617. The Morgan fingerprint density at radius 1 is 1.19 bits per heavy atom. The summed E-state index contributed by atoms with van der Waals surface area (Å²) in [5.41, 5.74) is 1.11. The number of hydrogen-bond acceptors (Lipinski definition) is 7. The van der Waals surface area contributed by atoms with Crippen LogP contribution in [0.5, 0.6) is 11.5 Å². The lowest BCUT2D eigenvalue weighted by molar-refractivity contribution is 0.0588. The molecule has 3 amide bonds. The van der Waals surface area contributed by atoms with Crippen molar-refractivity contribution in [1.82, 2.24) is 20.1 Å². The van der Waals surface area contributed by atoms with E-state index in [9.17, 15) is 14.4 Å². The van der Waals surface area contributed by atoms with E-state index >= 15 is 0 Å². The molecule has 32 heavy (non-hydrogen) atoms. The first kappa shape index (κ1) is 21.4. The molecule has 10 heteroatoms. The van der Waals surface area contributed by atoms with Crippen molar-refractivity contribution < 1.29 is 28.6 Å². The van der Waals surface area contributed by atoms with Crippen molar-refractivity contribution in [1.29, 1.82) is 0 Å². The van der Waals surface area contributed by atoms with Crippen LogP contribution >= 0.6 is 0 Å². The fourth-order valence-corrected chi connectivity index (χ4v) is 3.65. The SMILES string of the molecule is COC(=O)c1ccncc1C(=O)N(CCN1CCNC1=O)Cc1ccc2c(c1)OCCO2. The van der Waals surface area contributed by atoms with E-state index in [0.717, 1.165) is 5.56 Å². The fraction of sp³-hybridized carbons (Fsp3) is 0.364. The first-order valence-corrected chi connectivity index (χ1v) is 10.3. The summed E-state index contributed by atoms with van der Waals surface area (Å²) in [5, 5.41) is 2.75. The third-order valence-corrected chi connectivity index (χ3v) is 5.31. The number of rotatable bonds is 7. The number of urea groups is 1. The third-order valence-electron chi connectivity index (χ3n) is 5.31. The number of benzene rings is 1. The molecule has 168 valence electrons. The van der Waals surface area contributed by atoms with Crippen molar-refractivity contribution in [3.05, 3.63) is 53.3 Å². The van der Waals surface area contributed by atoms with Crippen LogP contribution in [0.2, 0.25) is 0 Å². The maximum absolute atomic E-state index is 13.5. The van der Waals surface area contributed by atoms with Gasteiger partial charge in [-0.2, -0.15) is 0 Å². The molecule has 2 aliphatic heterocycles. The molecule has 2 aromatic rings. The molecule has 2 aliphatic rings. The Kier molecular flexibility index (Phi) is 6.39. The largest absolute Gasteiger partial charge is 0.486 e. The summed E-state index contributed by atoms with van der Waals surface area (Å²) in [6.45, 7) is 2.98. The number of nitrogens with zero attached hydrogens (tertiary/aromatic N) is 3. The number of amides is 3. The molecule has 0 radical (unpaired) electrons. The van der Waals surface area contributed by atoms with Crippen LogP contribution in [0.3, 0.4) is 0 Å². The highest BCUT2D eigenvalue weighted by atomic mass is 16.6. The van der Waals surface area contributed by atoms with E-state index in [4.69, 9.17) is 14.2 Å². The number of methoxy groups -OCH3 is 1. The quantitative estimate of drug-likeness (QED) is 0.647. The van der Waals surface area contributed by atoms with Crippen molar-refractivity contribution in [3.63, 3.8) is 0 Å². The van der Waals surface area contributed by atoms with Gasteiger partial charge in [0.15, 0.2) is 11.5 Å². The molecule has 0 bridgehead atoms. The van der Waals surface area contributed by atoms with Crippen LogP contribution in [-0.2, 0) is 11.3 Å². The van der Waals surface area contributed by atoms with Gasteiger partial charge in [-0.05, 0) is 23.8 Å². The molecule has 1 saturated heterocycles. The number of pyridine rings is 1. The van der Waals surface area contributed by atoms with Gasteiger partial charge in [-0.1, -0.05) is 6.07 Å². The lowest BCUT2D eigenvalue weighted by Crippen LogP contribution is -2.40. The van der Waals surface area contributed by atoms with Crippen LogP contribution in [-0.4, -0.2) is 79.2 Å². The number of aromatic nitrogens is 1. The van der Waals surface area contributed by atoms with Crippen LogP contribution in [0.4, 0.5) is 4.79 Å². The number of esters is 1. The molecule has 0 atom stereocenters. The Bertz CT molecular complexity index is 1030. The predicted molar refractivity (Wildman–Crippen MR) is 113 cm³/mol. The Morgan fingerprint density at radius 2 is 2.00 bits per heavy atom. The second-order valence-corrected chi connectivity index (χ2v) is 7.34. The Hall–Kier alpha value is -3.82. The maximum Gasteiger partial charge on any atom is 0.338 e. The van der Waals surface area contributed by atoms with Crippen LogP contribution < -0.4 is 14.8 Å². The molecule has 3 heterocycles. The number of carbonyl (C=O) groups excluding carboxylic acids is 3. The van der Waals surface area contributed by atoms with Gasteiger partial charge in [-0.15, -0.1) is 0 Å². The van der Waals surface area contributed by atoms with Gasteiger partial charge in [0.1, 0.15) is 13.2 Å². The summed E-state index contributed by atoms with van der Waals surface area (Å²) in [6.07, 6.45) is 2.79. The highest BCUT2D eigenvalue weighted by Crippen LogP contribution is 2.31. The lowest BCUT2D eigenvalue weighted by atomic mass is 10.1. The summed E-state index contributed by atoms with van der Waals surface area (Å²) >= 11 is 0. The van der Waals surface area contributed by atoms with Crippen molar-refractivity contribution >= 4 is 17.9 Å². The van der Waals surface area contributed by atoms with Gasteiger partial charge in [-0.3, -0.25) is 9.78 Å². The second kappa shape index (κ2) is 9.54. The molecule has 0 aliphatic carbocycles. The Labute approximate surface area is 185 Å². The number of hydrogen-bond donors (Lipinski definition) is 1. The zero-order chi connectivity index (χ0) is 22.5. The van der Waals surface area contributed by atoms with Crippen molar-refractivity contribution in [3.8, 4) is 11.5 Å². The molecule has 1 aromatic carbocycles. The Morgan fingerprint density at radius 3 is 2.75 bits per heavy atom. The number of ether oxygens (including phenoxy) is 3. The van der Waals surface area contributed by atoms with E-state index < -0.39 is 5.97 Å². The maximum atomic E-state index is 13.5. The third kappa shape index (κ3) is 4.58. The standard InChI is InChI=1S/C22H24N4O6/c1-30-21(28)16-4-5-23-13-17(16)20(27)26(9-8-25-7-6-24-22(25)29)14-15-2-3-18-19(12-15)32-11-10-31-18/h2-5,12-13H,6-11,14H2,1H3,(H,24,29). The summed E-state index contributed by atoms with van der Waals surface area (Å²) in [7, 11) is 1.26. The predicted octanol–water partition coefficient (Wildman–Crippen LogP) is 1.31. The minimum Gasteiger partial charge on any atom is -0.486 e.